The summed E-state index contributed by atoms with van der Waals surface area (Å²) in [5.41, 5.74) is 2.33. The summed E-state index contributed by atoms with van der Waals surface area (Å²) >= 11 is 1.53. The van der Waals surface area contributed by atoms with Crippen LogP contribution in [0.3, 0.4) is 0 Å². The number of anilines is 1. The van der Waals surface area contributed by atoms with Crippen LogP contribution >= 0.6 is 11.3 Å². The fourth-order valence-electron chi connectivity index (χ4n) is 2.06. The standard InChI is InChI=1S/C16H12N2S/c17-10-13-9-14-15(7-4-8-16(14)19-13)18-11-12-5-2-1-3-6-12/h1-9,18H,11H2. The number of nitrogens with one attached hydrogen (secondary N) is 1. The maximum absolute atomic E-state index is 8.98. The van der Waals surface area contributed by atoms with E-state index in [4.69, 9.17) is 5.26 Å². The third kappa shape index (κ3) is 2.44. The summed E-state index contributed by atoms with van der Waals surface area (Å²) in [4.78, 5) is 0.754. The van der Waals surface area contributed by atoms with Crippen LogP contribution in [-0.4, -0.2) is 0 Å². The number of benzene rings is 2. The first-order chi connectivity index (χ1) is 9.36. The molecule has 2 aromatic carbocycles. The van der Waals surface area contributed by atoms with Crippen molar-refractivity contribution >= 4 is 27.1 Å². The van der Waals surface area contributed by atoms with Crippen LogP contribution in [0.2, 0.25) is 0 Å². The third-order valence-electron chi connectivity index (χ3n) is 3.00. The van der Waals surface area contributed by atoms with Gasteiger partial charge in [-0.25, -0.2) is 0 Å². The molecule has 0 saturated carbocycles. The Morgan fingerprint density at radius 3 is 2.68 bits per heavy atom. The smallest absolute Gasteiger partial charge is 0.110 e. The second-order valence-corrected chi connectivity index (χ2v) is 5.36. The molecule has 0 spiro atoms. The maximum atomic E-state index is 8.98. The van der Waals surface area contributed by atoms with Gasteiger partial charge in [-0.15, -0.1) is 11.3 Å². The molecule has 3 aromatic rings. The molecule has 1 heterocycles. The third-order valence-corrected chi connectivity index (χ3v) is 4.00. The summed E-state index contributed by atoms with van der Waals surface area (Å²) < 4.78 is 1.15. The van der Waals surface area contributed by atoms with Crippen LogP contribution in [0.15, 0.2) is 54.6 Å². The molecule has 0 amide bonds. The molecule has 2 nitrogen and oxygen atoms in total. The lowest BCUT2D eigenvalue weighted by Gasteiger charge is -2.07. The van der Waals surface area contributed by atoms with Crippen LogP contribution in [-0.2, 0) is 6.54 Å². The van der Waals surface area contributed by atoms with Crippen molar-refractivity contribution in [3.63, 3.8) is 0 Å². The first kappa shape index (κ1) is 11.8. The van der Waals surface area contributed by atoms with Gasteiger partial charge in [0.1, 0.15) is 10.9 Å². The Balaban J connectivity index is 1.89. The molecule has 0 atom stereocenters. The Morgan fingerprint density at radius 2 is 1.89 bits per heavy atom. The summed E-state index contributed by atoms with van der Waals surface area (Å²) in [6, 6.07) is 20.6. The first-order valence-corrected chi connectivity index (χ1v) is 6.89. The minimum Gasteiger partial charge on any atom is -0.380 e. The molecule has 92 valence electrons. The van der Waals surface area contributed by atoms with Crippen molar-refractivity contribution in [2.45, 2.75) is 6.54 Å². The molecular formula is C16H12N2S. The summed E-state index contributed by atoms with van der Waals surface area (Å²) in [6.45, 7) is 0.789. The minimum absolute atomic E-state index is 0.754. The van der Waals surface area contributed by atoms with Gasteiger partial charge < -0.3 is 5.32 Å². The molecule has 3 rings (SSSR count). The number of hydrogen-bond donors (Lipinski definition) is 1. The Labute approximate surface area is 115 Å². The van der Waals surface area contributed by atoms with E-state index in [1.807, 2.05) is 30.3 Å². The largest absolute Gasteiger partial charge is 0.380 e. The van der Waals surface area contributed by atoms with E-state index in [1.54, 1.807) is 0 Å². The lowest BCUT2D eigenvalue weighted by atomic mass is 10.2. The molecule has 0 radical (unpaired) electrons. The molecule has 0 unspecified atom stereocenters. The van der Waals surface area contributed by atoms with E-state index in [0.717, 1.165) is 27.2 Å². The van der Waals surface area contributed by atoms with Crippen LogP contribution in [0.25, 0.3) is 10.1 Å². The van der Waals surface area contributed by atoms with Gasteiger partial charge in [-0.05, 0) is 23.8 Å². The summed E-state index contributed by atoms with van der Waals surface area (Å²) in [5, 5.41) is 13.5. The number of fused-ring (bicyclic) bond motifs is 1. The zero-order chi connectivity index (χ0) is 13.1. The highest BCUT2D eigenvalue weighted by Crippen LogP contribution is 2.31. The van der Waals surface area contributed by atoms with Crippen molar-refractivity contribution in [2.75, 3.05) is 5.32 Å². The van der Waals surface area contributed by atoms with Crippen molar-refractivity contribution in [2.24, 2.45) is 0 Å². The summed E-state index contributed by atoms with van der Waals surface area (Å²) in [6.07, 6.45) is 0. The van der Waals surface area contributed by atoms with Gasteiger partial charge in [0.05, 0.1) is 0 Å². The van der Waals surface area contributed by atoms with E-state index in [1.165, 1.54) is 16.9 Å². The molecule has 0 saturated heterocycles. The maximum Gasteiger partial charge on any atom is 0.110 e. The molecule has 0 fully saturated rings. The number of hydrogen-bond acceptors (Lipinski definition) is 3. The first-order valence-electron chi connectivity index (χ1n) is 6.07. The molecule has 1 N–H and O–H groups in total. The summed E-state index contributed by atoms with van der Waals surface area (Å²) in [5.74, 6) is 0. The van der Waals surface area contributed by atoms with Gasteiger partial charge in [0, 0.05) is 22.3 Å². The quantitative estimate of drug-likeness (QED) is 0.761. The van der Waals surface area contributed by atoms with E-state index in [-0.39, 0.29) is 0 Å². The van der Waals surface area contributed by atoms with E-state index < -0.39 is 0 Å². The lowest BCUT2D eigenvalue weighted by molar-refractivity contribution is 1.16. The van der Waals surface area contributed by atoms with Gasteiger partial charge in [0.2, 0.25) is 0 Å². The zero-order valence-electron chi connectivity index (χ0n) is 10.3. The van der Waals surface area contributed by atoms with Crippen LogP contribution in [0.4, 0.5) is 5.69 Å². The topological polar surface area (TPSA) is 35.8 Å². The lowest BCUT2D eigenvalue weighted by Crippen LogP contribution is -1.98. The van der Waals surface area contributed by atoms with Gasteiger partial charge in [0.25, 0.3) is 0 Å². The Morgan fingerprint density at radius 1 is 1.05 bits per heavy atom. The number of nitriles is 1. The van der Waals surface area contributed by atoms with Crippen molar-refractivity contribution in [1.29, 1.82) is 5.26 Å². The van der Waals surface area contributed by atoms with Crippen molar-refractivity contribution in [3.8, 4) is 6.07 Å². The fraction of sp³-hybridized carbons (Fsp3) is 0.0625. The molecule has 0 aliphatic rings. The van der Waals surface area contributed by atoms with Gasteiger partial charge >= 0.3 is 0 Å². The van der Waals surface area contributed by atoms with Crippen molar-refractivity contribution < 1.29 is 0 Å². The zero-order valence-corrected chi connectivity index (χ0v) is 11.1. The molecule has 0 bridgehead atoms. The highest BCUT2D eigenvalue weighted by molar-refractivity contribution is 7.19. The van der Waals surface area contributed by atoms with Gasteiger partial charge in [-0.3, -0.25) is 0 Å². The van der Waals surface area contributed by atoms with Gasteiger partial charge in [-0.2, -0.15) is 5.26 Å². The van der Waals surface area contributed by atoms with E-state index >= 15 is 0 Å². The van der Waals surface area contributed by atoms with Gasteiger partial charge in [-0.1, -0.05) is 36.4 Å². The fourth-order valence-corrected chi connectivity index (χ4v) is 2.95. The van der Waals surface area contributed by atoms with Crippen molar-refractivity contribution in [1.82, 2.24) is 0 Å². The molecule has 1 aromatic heterocycles. The normalized spacial score (nSPS) is 10.3. The van der Waals surface area contributed by atoms with E-state index in [2.05, 4.69) is 35.7 Å². The second kappa shape index (κ2) is 5.13. The molecule has 19 heavy (non-hydrogen) atoms. The monoisotopic (exact) mass is 264 g/mol. The van der Waals surface area contributed by atoms with Gasteiger partial charge in [0.15, 0.2) is 0 Å². The highest BCUT2D eigenvalue weighted by Gasteiger charge is 2.05. The average Bonchev–Trinajstić information content (AvgIpc) is 2.90. The highest BCUT2D eigenvalue weighted by atomic mass is 32.1. The molecular weight excluding hydrogens is 252 g/mol. The second-order valence-electron chi connectivity index (χ2n) is 4.28. The molecule has 3 heteroatoms. The van der Waals surface area contributed by atoms with E-state index in [0.29, 0.717) is 0 Å². The molecule has 0 aliphatic carbocycles. The average molecular weight is 264 g/mol. The van der Waals surface area contributed by atoms with Crippen LogP contribution in [0.5, 0.6) is 0 Å². The minimum atomic E-state index is 0.754. The number of thiophene rings is 1. The van der Waals surface area contributed by atoms with E-state index in [9.17, 15) is 0 Å². The number of rotatable bonds is 3. The van der Waals surface area contributed by atoms with Crippen LogP contribution < -0.4 is 5.32 Å². The van der Waals surface area contributed by atoms with Crippen LogP contribution in [0, 0.1) is 11.3 Å². The van der Waals surface area contributed by atoms with Crippen molar-refractivity contribution in [3.05, 3.63) is 65.0 Å². The Bertz CT molecular complexity index is 738. The van der Waals surface area contributed by atoms with Crippen LogP contribution in [0.1, 0.15) is 10.4 Å². The predicted octanol–water partition coefficient (Wildman–Crippen LogP) is 4.39. The Hall–Kier alpha value is -2.31. The predicted molar refractivity (Wildman–Crippen MR) is 80.3 cm³/mol. The SMILES string of the molecule is N#Cc1cc2c(NCc3ccccc3)cccc2s1. The number of nitrogens with zero attached hydrogens (tertiary/aromatic N) is 1. The molecule has 0 aliphatic heterocycles. The summed E-state index contributed by atoms with van der Waals surface area (Å²) in [7, 11) is 0. The Kier molecular flexibility index (Phi) is 3.18.